The van der Waals surface area contributed by atoms with Crippen LogP contribution in [0.2, 0.25) is 0 Å². The van der Waals surface area contributed by atoms with Crippen molar-refractivity contribution in [1.29, 1.82) is 0 Å². The minimum atomic E-state index is 0.179. The van der Waals surface area contributed by atoms with Gasteiger partial charge in [-0.15, -0.1) is 0 Å². The van der Waals surface area contributed by atoms with Crippen molar-refractivity contribution in [3.8, 4) is 0 Å². The minimum absolute atomic E-state index is 0.179. The molecule has 2 rings (SSSR count). The van der Waals surface area contributed by atoms with Crippen molar-refractivity contribution in [1.82, 2.24) is 0 Å². The minimum Gasteiger partial charge on any atom is -0.460 e. The summed E-state index contributed by atoms with van der Waals surface area (Å²) in [6, 6.07) is 11.1. The van der Waals surface area contributed by atoms with Crippen LogP contribution >= 0.6 is 0 Å². The lowest BCUT2D eigenvalue weighted by Crippen LogP contribution is -2.08. The summed E-state index contributed by atoms with van der Waals surface area (Å²) in [5.41, 5.74) is 1.40. The van der Waals surface area contributed by atoms with Gasteiger partial charge in [-0.3, -0.25) is 0 Å². The lowest BCUT2D eigenvalue weighted by Gasteiger charge is -2.16. The first-order chi connectivity index (χ1) is 9.33. The molecule has 1 aliphatic heterocycles. The summed E-state index contributed by atoms with van der Waals surface area (Å²) in [6.45, 7) is 2.81. The van der Waals surface area contributed by atoms with E-state index in [1.54, 1.807) is 0 Å². The van der Waals surface area contributed by atoms with E-state index >= 15 is 0 Å². The van der Waals surface area contributed by atoms with E-state index in [4.69, 9.17) is 10.6 Å². The van der Waals surface area contributed by atoms with Crippen molar-refractivity contribution < 1.29 is 4.74 Å². The molecule has 1 heterocycles. The highest BCUT2D eigenvalue weighted by molar-refractivity contribution is 5.75. The smallest absolute Gasteiger partial charge is 0.332 e. The van der Waals surface area contributed by atoms with Gasteiger partial charge in [0.15, 0.2) is 0 Å². The van der Waals surface area contributed by atoms with E-state index in [1.807, 2.05) is 0 Å². The molecular weight excluding hydrogens is 240 g/mol. The summed E-state index contributed by atoms with van der Waals surface area (Å²) < 4.78 is 5.29. The Morgan fingerprint density at radius 2 is 2.21 bits per heavy atom. The van der Waals surface area contributed by atoms with Gasteiger partial charge in [0.1, 0.15) is 6.61 Å². The Balaban J connectivity index is 1.88. The number of aliphatic imine (C=N–C) groups is 1. The van der Waals surface area contributed by atoms with Gasteiger partial charge in [-0.2, -0.15) is 0 Å². The lowest BCUT2D eigenvalue weighted by atomic mass is 9.90. The highest BCUT2D eigenvalue weighted by Crippen LogP contribution is 2.26. The zero-order valence-electron chi connectivity index (χ0n) is 11.2. The van der Waals surface area contributed by atoms with Gasteiger partial charge in [0.05, 0.1) is 6.04 Å². The van der Waals surface area contributed by atoms with Crippen molar-refractivity contribution in [2.75, 3.05) is 6.61 Å². The first-order valence-electron chi connectivity index (χ1n) is 6.70. The van der Waals surface area contributed by atoms with Crippen molar-refractivity contribution in [3.63, 3.8) is 0 Å². The summed E-state index contributed by atoms with van der Waals surface area (Å²) in [4.78, 5) is 4.33. The maximum absolute atomic E-state index is 5.29. The fraction of sp³-hybridized carbons (Fsp3) is 0.500. The van der Waals surface area contributed by atoms with E-state index in [0.29, 0.717) is 18.5 Å². The molecule has 0 saturated carbocycles. The summed E-state index contributed by atoms with van der Waals surface area (Å²) >= 11 is 0. The van der Waals surface area contributed by atoms with Gasteiger partial charge >= 0.3 is 6.02 Å². The van der Waals surface area contributed by atoms with Crippen LogP contribution in [0.4, 0.5) is 0 Å². The van der Waals surface area contributed by atoms with Crippen LogP contribution in [0, 0.1) is 0 Å². The van der Waals surface area contributed by atoms with Crippen molar-refractivity contribution in [2.24, 2.45) is 21.2 Å². The second-order valence-electron chi connectivity index (χ2n) is 4.69. The van der Waals surface area contributed by atoms with Crippen LogP contribution < -0.4 is 5.84 Å². The van der Waals surface area contributed by atoms with Crippen molar-refractivity contribution in [3.05, 3.63) is 35.9 Å². The highest BCUT2D eigenvalue weighted by atomic mass is 16.5. The average Bonchev–Trinajstić information content (AvgIpc) is 2.89. The van der Waals surface area contributed by atoms with E-state index in [-0.39, 0.29) is 6.04 Å². The third kappa shape index (κ3) is 3.77. The van der Waals surface area contributed by atoms with Crippen LogP contribution in [-0.4, -0.2) is 18.7 Å². The van der Waals surface area contributed by atoms with Gasteiger partial charge in [-0.05, 0) is 30.7 Å². The van der Waals surface area contributed by atoms with Crippen LogP contribution in [0.3, 0.4) is 0 Å². The predicted molar refractivity (Wildman–Crippen MR) is 74.9 cm³/mol. The number of benzene rings is 1. The Hall–Kier alpha value is -1.91. The SMILES string of the molecule is CCC(CC[C@H]1COC(N=NN)=N1)c1ccccc1. The van der Waals surface area contributed by atoms with Gasteiger partial charge in [0, 0.05) is 0 Å². The molecule has 0 amide bonds. The molecule has 0 fully saturated rings. The fourth-order valence-corrected chi connectivity index (χ4v) is 2.38. The molecule has 0 radical (unpaired) electrons. The summed E-state index contributed by atoms with van der Waals surface area (Å²) in [5, 5.41) is 6.79. The number of amidine groups is 1. The first kappa shape index (κ1) is 13.5. The zero-order chi connectivity index (χ0) is 13.5. The number of rotatable bonds is 5. The molecule has 0 spiro atoms. The van der Waals surface area contributed by atoms with Crippen molar-refractivity contribution in [2.45, 2.75) is 38.1 Å². The highest BCUT2D eigenvalue weighted by Gasteiger charge is 2.20. The van der Waals surface area contributed by atoms with Crippen LogP contribution in [-0.2, 0) is 4.74 Å². The fourth-order valence-electron chi connectivity index (χ4n) is 2.38. The molecule has 5 nitrogen and oxygen atoms in total. The summed E-state index contributed by atoms with van der Waals surface area (Å²) in [7, 11) is 0. The number of hydrogen-bond acceptors (Lipinski definition) is 4. The Kier molecular flexibility index (Phi) is 4.89. The molecule has 1 aliphatic rings. The molecule has 102 valence electrons. The molecular formula is C14H20N4O. The lowest BCUT2D eigenvalue weighted by molar-refractivity contribution is 0.302. The molecule has 5 heteroatoms. The Morgan fingerprint density at radius 1 is 1.42 bits per heavy atom. The van der Waals surface area contributed by atoms with Crippen LogP contribution in [0.15, 0.2) is 45.7 Å². The Bertz CT molecular complexity index is 444. The normalized spacial score (nSPS) is 20.3. The van der Waals surface area contributed by atoms with Gasteiger partial charge in [-0.25, -0.2) is 4.99 Å². The largest absolute Gasteiger partial charge is 0.460 e. The molecule has 0 aromatic heterocycles. The molecule has 0 aliphatic carbocycles. The standard InChI is InChI=1S/C14H20N4O/c1-2-11(12-6-4-3-5-7-12)8-9-13-10-19-14(16-13)17-18-15/h3-7,11,13H,2,8-10H2,1H3,(H2,15,16,17)/t11?,13-/m0/s1. The van der Waals surface area contributed by atoms with Gasteiger partial charge < -0.3 is 10.6 Å². The molecule has 1 unspecified atom stereocenters. The zero-order valence-corrected chi connectivity index (χ0v) is 11.2. The summed E-state index contributed by atoms with van der Waals surface area (Å²) in [5.74, 6) is 5.55. The molecule has 0 bridgehead atoms. The third-order valence-corrected chi connectivity index (χ3v) is 3.45. The van der Waals surface area contributed by atoms with Crippen LogP contribution in [0.5, 0.6) is 0 Å². The van der Waals surface area contributed by atoms with E-state index < -0.39 is 0 Å². The quantitative estimate of drug-likeness (QED) is 0.502. The predicted octanol–water partition coefficient (Wildman–Crippen LogP) is 3.04. The second-order valence-corrected chi connectivity index (χ2v) is 4.69. The van der Waals surface area contributed by atoms with E-state index in [2.05, 4.69) is 52.6 Å². The van der Waals surface area contributed by atoms with E-state index in [9.17, 15) is 0 Å². The van der Waals surface area contributed by atoms with Gasteiger partial charge in [0.2, 0.25) is 0 Å². The third-order valence-electron chi connectivity index (χ3n) is 3.45. The van der Waals surface area contributed by atoms with Crippen LogP contribution in [0.1, 0.15) is 37.7 Å². The maximum Gasteiger partial charge on any atom is 0.332 e. The molecule has 2 atom stereocenters. The molecule has 19 heavy (non-hydrogen) atoms. The van der Waals surface area contributed by atoms with E-state index in [1.165, 1.54) is 5.56 Å². The first-order valence-corrected chi connectivity index (χ1v) is 6.70. The Morgan fingerprint density at radius 3 is 2.89 bits per heavy atom. The molecule has 1 aromatic rings. The van der Waals surface area contributed by atoms with Gasteiger partial charge in [0.25, 0.3) is 0 Å². The second kappa shape index (κ2) is 6.87. The monoisotopic (exact) mass is 260 g/mol. The van der Waals surface area contributed by atoms with Crippen molar-refractivity contribution >= 4 is 6.02 Å². The molecule has 1 aromatic carbocycles. The Labute approximate surface area is 113 Å². The maximum atomic E-state index is 5.29. The van der Waals surface area contributed by atoms with Gasteiger partial charge in [-0.1, -0.05) is 47.6 Å². The molecule has 2 N–H and O–H groups in total. The van der Waals surface area contributed by atoms with Crippen LogP contribution in [0.25, 0.3) is 0 Å². The van der Waals surface area contributed by atoms with E-state index in [0.717, 1.165) is 19.3 Å². The number of nitrogens with two attached hydrogens (primary N) is 1. The number of hydrogen-bond donors (Lipinski definition) is 1. The average molecular weight is 260 g/mol. The molecule has 0 saturated heterocycles. The summed E-state index contributed by atoms with van der Waals surface area (Å²) in [6.07, 6.45) is 3.23. The number of ether oxygens (including phenoxy) is 1. The topological polar surface area (TPSA) is 72.3 Å². The number of nitrogens with zero attached hydrogens (tertiary/aromatic N) is 3.